The zero-order valence-electron chi connectivity index (χ0n) is 20.7. The summed E-state index contributed by atoms with van der Waals surface area (Å²) in [7, 11) is 0. The molecular weight excluding hydrogens is 450 g/mol. The number of aliphatic hydroxyl groups excluding tert-OH is 2. The fraction of sp³-hybridized carbons (Fsp3) is 0.290. The van der Waals surface area contributed by atoms with Gasteiger partial charge in [0.05, 0.1) is 25.9 Å². The SMILES string of the molecule is C=CCCN[C@@H](/C=C/c1ccccc1)[C@H](O)[C@H](OCc1ccccc1)[C@H](O)COCc1ccccc1. The molecule has 3 N–H and O–H groups in total. The first-order chi connectivity index (χ1) is 17.7. The highest BCUT2D eigenvalue weighted by atomic mass is 16.5. The van der Waals surface area contributed by atoms with E-state index in [9.17, 15) is 10.2 Å². The molecule has 3 aromatic carbocycles. The minimum Gasteiger partial charge on any atom is -0.388 e. The van der Waals surface area contributed by atoms with E-state index in [1.54, 1.807) is 0 Å². The average molecular weight is 488 g/mol. The second-order valence-corrected chi connectivity index (χ2v) is 8.65. The molecule has 0 radical (unpaired) electrons. The van der Waals surface area contributed by atoms with Gasteiger partial charge in [-0.1, -0.05) is 109 Å². The number of benzene rings is 3. The summed E-state index contributed by atoms with van der Waals surface area (Å²) in [6.45, 7) is 5.08. The summed E-state index contributed by atoms with van der Waals surface area (Å²) in [6.07, 6.45) is 3.53. The third-order valence-electron chi connectivity index (χ3n) is 5.79. The normalized spacial score (nSPS) is 14.8. The Labute approximate surface area is 214 Å². The van der Waals surface area contributed by atoms with E-state index >= 15 is 0 Å². The molecule has 5 nitrogen and oxygen atoms in total. The number of ether oxygens (including phenoxy) is 2. The van der Waals surface area contributed by atoms with Crippen molar-refractivity contribution in [1.82, 2.24) is 5.32 Å². The molecule has 0 aliphatic heterocycles. The molecule has 0 heterocycles. The van der Waals surface area contributed by atoms with Gasteiger partial charge in [-0.05, 0) is 29.7 Å². The molecule has 0 fully saturated rings. The van der Waals surface area contributed by atoms with Gasteiger partial charge in [0.2, 0.25) is 0 Å². The molecule has 0 bridgehead atoms. The van der Waals surface area contributed by atoms with Crippen molar-refractivity contribution in [3.8, 4) is 0 Å². The van der Waals surface area contributed by atoms with Crippen molar-refractivity contribution >= 4 is 6.08 Å². The smallest absolute Gasteiger partial charge is 0.114 e. The minimum absolute atomic E-state index is 0.0349. The van der Waals surface area contributed by atoms with E-state index in [0.717, 1.165) is 23.1 Å². The van der Waals surface area contributed by atoms with Crippen LogP contribution in [-0.4, -0.2) is 47.7 Å². The second-order valence-electron chi connectivity index (χ2n) is 8.65. The Morgan fingerprint density at radius 3 is 2.00 bits per heavy atom. The Morgan fingerprint density at radius 1 is 0.806 bits per heavy atom. The van der Waals surface area contributed by atoms with Gasteiger partial charge in [0, 0.05) is 0 Å². The van der Waals surface area contributed by atoms with Crippen molar-refractivity contribution in [2.24, 2.45) is 0 Å². The summed E-state index contributed by atoms with van der Waals surface area (Å²) in [4.78, 5) is 0. The molecule has 0 aromatic heterocycles. The van der Waals surface area contributed by atoms with Crippen molar-refractivity contribution in [2.45, 2.75) is 44.0 Å². The highest BCUT2D eigenvalue weighted by molar-refractivity contribution is 5.49. The van der Waals surface area contributed by atoms with E-state index in [2.05, 4.69) is 11.9 Å². The van der Waals surface area contributed by atoms with Crippen LogP contribution in [0.5, 0.6) is 0 Å². The maximum Gasteiger partial charge on any atom is 0.114 e. The van der Waals surface area contributed by atoms with Gasteiger partial charge in [0.15, 0.2) is 0 Å². The van der Waals surface area contributed by atoms with Gasteiger partial charge in [-0.25, -0.2) is 0 Å². The van der Waals surface area contributed by atoms with E-state index in [4.69, 9.17) is 9.47 Å². The van der Waals surface area contributed by atoms with Gasteiger partial charge in [-0.2, -0.15) is 0 Å². The third kappa shape index (κ3) is 9.53. The molecular formula is C31H37NO4. The predicted octanol–water partition coefficient (Wildman–Crippen LogP) is 4.76. The van der Waals surface area contributed by atoms with Gasteiger partial charge in [-0.3, -0.25) is 0 Å². The van der Waals surface area contributed by atoms with Crippen LogP contribution in [0.4, 0.5) is 0 Å². The summed E-state index contributed by atoms with van der Waals surface area (Å²) in [5, 5.41) is 25.9. The van der Waals surface area contributed by atoms with Crippen molar-refractivity contribution < 1.29 is 19.7 Å². The Bertz CT molecular complexity index is 1010. The van der Waals surface area contributed by atoms with Crippen LogP contribution in [0.2, 0.25) is 0 Å². The van der Waals surface area contributed by atoms with Crippen LogP contribution in [0, 0.1) is 0 Å². The van der Waals surface area contributed by atoms with E-state index in [-0.39, 0.29) is 13.2 Å². The highest BCUT2D eigenvalue weighted by Gasteiger charge is 2.33. The fourth-order valence-electron chi connectivity index (χ4n) is 3.81. The van der Waals surface area contributed by atoms with Gasteiger partial charge in [0.1, 0.15) is 18.3 Å². The molecule has 3 aromatic rings. The van der Waals surface area contributed by atoms with Gasteiger partial charge < -0.3 is 25.0 Å². The van der Waals surface area contributed by atoms with Crippen molar-refractivity contribution in [3.05, 3.63) is 126 Å². The van der Waals surface area contributed by atoms with Crippen LogP contribution in [-0.2, 0) is 22.7 Å². The van der Waals surface area contributed by atoms with Gasteiger partial charge in [0.25, 0.3) is 0 Å². The monoisotopic (exact) mass is 487 g/mol. The summed E-state index contributed by atoms with van der Waals surface area (Å²) in [5.74, 6) is 0. The summed E-state index contributed by atoms with van der Waals surface area (Å²) < 4.78 is 11.9. The molecule has 190 valence electrons. The standard InChI is InChI=1S/C31H37NO4/c1-2-3-21-32-28(20-19-25-13-7-4-8-14-25)30(34)31(36-23-27-17-11-6-12-18-27)29(33)24-35-22-26-15-9-5-10-16-26/h2,4-20,28-34H,1,3,21-24H2/b20-19+/t28-,29+,30-,31+/m0/s1. The maximum absolute atomic E-state index is 11.4. The Balaban J connectivity index is 1.73. The van der Waals surface area contributed by atoms with E-state index in [1.807, 2.05) is 109 Å². The van der Waals surface area contributed by atoms with Crippen LogP contribution in [0.3, 0.4) is 0 Å². The second kappa shape index (κ2) is 15.8. The van der Waals surface area contributed by atoms with Crippen LogP contribution < -0.4 is 5.32 Å². The Hall–Kier alpha value is -3.06. The lowest BCUT2D eigenvalue weighted by Crippen LogP contribution is -2.52. The zero-order valence-corrected chi connectivity index (χ0v) is 20.7. The number of rotatable bonds is 16. The third-order valence-corrected chi connectivity index (χ3v) is 5.79. The minimum atomic E-state index is -1.03. The maximum atomic E-state index is 11.4. The molecule has 4 atom stereocenters. The number of nitrogens with one attached hydrogen (secondary N) is 1. The first-order valence-corrected chi connectivity index (χ1v) is 12.4. The first kappa shape index (κ1) is 27.5. The molecule has 0 unspecified atom stereocenters. The Morgan fingerprint density at radius 2 is 1.39 bits per heavy atom. The predicted molar refractivity (Wildman–Crippen MR) is 145 cm³/mol. The molecule has 5 heteroatoms. The van der Waals surface area contributed by atoms with E-state index in [1.165, 1.54) is 0 Å². The van der Waals surface area contributed by atoms with Crippen LogP contribution in [0.1, 0.15) is 23.1 Å². The van der Waals surface area contributed by atoms with Gasteiger partial charge >= 0.3 is 0 Å². The molecule has 3 rings (SSSR count). The van der Waals surface area contributed by atoms with E-state index in [0.29, 0.717) is 13.2 Å². The molecule has 0 aliphatic carbocycles. The molecule has 0 amide bonds. The Kier molecular flexibility index (Phi) is 12.1. The largest absolute Gasteiger partial charge is 0.388 e. The first-order valence-electron chi connectivity index (χ1n) is 12.4. The molecule has 0 spiro atoms. The van der Waals surface area contributed by atoms with Crippen molar-refractivity contribution in [3.63, 3.8) is 0 Å². The number of hydrogen-bond acceptors (Lipinski definition) is 5. The quantitative estimate of drug-likeness (QED) is 0.201. The molecule has 36 heavy (non-hydrogen) atoms. The number of hydrogen-bond donors (Lipinski definition) is 3. The van der Waals surface area contributed by atoms with Gasteiger partial charge in [-0.15, -0.1) is 6.58 Å². The lowest BCUT2D eigenvalue weighted by atomic mass is 9.99. The molecule has 0 saturated carbocycles. The van der Waals surface area contributed by atoms with Crippen LogP contribution in [0.25, 0.3) is 6.08 Å². The summed E-state index contributed by atoms with van der Waals surface area (Å²) >= 11 is 0. The van der Waals surface area contributed by atoms with Crippen molar-refractivity contribution in [1.29, 1.82) is 0 Å². The zero-order chi connectivity index (χ0) is 25.4. The lowest BCUT2D eigenvalue weighted by Gasteiger charge is -2.32. The number of aliphatic hydroxyl groups is 2. The van der Waals surface area contributed by atoms with Crippen LogP contribution in [0.15, 0.2) is 110 Å². The summed E-state index contributed by atoms with van der Waals surface area (Å²) in [6, 6.07) is 29.0. The van der Waals surface area contributed by atoms with E-state index < -0.39 is 24.4 Å². The van der Waals surface area contributed by atoms with Crippen molar-refractivity contribution in [2.75, 3.05) is 13.2 Å². The fourth-order valence-corrected chi connectivity index (χ4v) is 3.81. The summed E-state index contributed by atoms with van der Waals surface area (Å²) in [5.41, 5.74) is 3.00. The van der Waals surface area contributed by atoms with Crippen LogP contribution >= 0.6 is 0 Å². The lowest BCUT2D eigenvalue weighted by molar-refractivity contribution is -0.131. The highest BCUT2D eigenvalue weighted by Crippen LogP contribution is 2.16. The molecule has 0 aliphatic rings. The molecule has 0 saturated heterocycles. The topological polar surface area (TPSA) is 71.0 Å². The average Bonchev–Trinajstić information content (AvgIpc) is 2.92.